The lowest BCUT2D eigenvalue weighted by atomic mass is 10.2. The number of aromatic nitrogens is 2. The van der Waals surface area contributed by atoms with Crippen molar-refractivity contribution in [2.75, 3.05) is 44.2 Å². The Labute approximate surface area is 182 Å². The van der Waals surface area contributed by atoms with Gasteiger partial charge in [0.1, 0.15) is 11.6 Å². The number of piperazine rings is 1. The van der Waals surface area contributed by atoms with E-state index < -0.39 is 0 Å². The Morgan fingerprint density at radius 1 is 0.968 bits per heavy atom. The molecule has 1 aliphatic heterocycles. The van der Waals surface area contributed by atoms with Crippen molar-refractivity contribution in [2.45, 2.75) is 13.0 Å². The zero-order chi connectivity index (χ0) is 21.5. The van der Waals surface area contributed by atoms with E-state index in [-0.39, 0.29) is 11.7 Å². The smallest absolute Gasteiger partial charge is 0.221 e. The number of hydrogen-bond donors (Lipinski definition) is 1. The van der Waals surface area contributed by atoms with E-state index >= 15 is 0 Å². The van der Waals surface area contributed by atoms with Crippen LogP contribution in [0.2, 0.25) is 0 Å². The van der Waals surface area contributed by atoms with Crippen LogP contribution in [0.15, 0.2) is 67.0 Å². The van der Waals surface area contributed by atoms with Crippen LogP contribution in [0.25, 0.3) is 11.4 Å². The van der Waals surface area contributed by atoms with E-state index in [9.17, 15) is 9.18 Å². The van der Waals surface area contributed by atoms with Gasteiger partial charge in [0.05, 0.1) is 5.69 Å². The topological polar surface area (TPSA) is 53.4 Å². The van der Waals surface area contributed by atoms with Gasteiger partial charge in [-0.1, -0.05) is 42.5 Å². The van der Waals surface area contributed by atoms with E-state index in [0.717, 1.165) is 44.1 Å². The minimum absolute atomic E-state index is 0.0395. The van der Waals surface area contributed by atoms with E-state index in [1.54, 1.807) is 12.3 Å². The number of aryl methyl sites for hydroxylation is 1. The van der Waals surface area contributed by atoms with Crippen LogP contribution in [0.1, 0.15) is 6.42 Å². The van der Waals surface area contributed by atoms with E-state index in [2.05, 4.69) is 20.1 Å². The van der Waals surface area contributed by atoms with Crippen molar-refractivity contribution in [1.29, 1.82) is 0 Å². The molecule has 4 rings (SSSR count). The highest BCUT2D eigenvalue weighted by molar-refractivity contribution is 5.75. The average molecular weight is 422 g/mol. The van der Waals surface area contributed by atoms with E-state index in [0.29, 0.717) is 25.2 Å². The monoisotopic (exact) mass is 421 g/mol. The summed E-state index contributed by atoms with van der Waals surface area (Å²) < 4.78 is 16.0. The van der Waals surface area contributed by atoms with Gasteiger partial charge >= 0.3 is 0 Å². The van der Waals surface area contributed by atoms with Crippen LogP contribution in [0.4, 0.5) is 10.1 Å². The molecule has 31 heavy (non-hydrogen) atoms. The van der Waals surface area contributed by atoms with Crippen molar-refractivity contribution in [1.82, 2.24) is 19.8 Å². The maximum atomic E-state index is 14.0. The summed E-state index contributed by atoms with van der Waals surface area (Å²) >= 11 is 0. The number of imidazole rings is 1. The molecule has 1 fully saturated rings. The molecule has 2 aromatic carbocycles. The fraction of sp³-hybridized carbons (Fsp3) is 0.333. The highest BCUT2D eigenvalue weighted by Crippen LogP contribution is 2.20. The molecule has 1 N–H and O–H groups in total. The van der Waals surface area contributed by atoms with Gasteiger partial charge in [0, 0.05) is 70.2 Å². The van der Waals surface area contributed by atoms with Gasteiger partial charge in [-0.25, -0.2) is 9.37 Å². The molecule has 3 aromatic rings. The van der Waals surface area contributed by atoms with Crippen molar-refractivity contribution in [3.8, 4) is 11.4 Å². The Bertz CT molecular complexity index is 982. The third-order valence-corrected chi connectivity index (χ3v) is 5.64. The third kappa shape index (κ3) is 5.49. The van der Waals surface area contributed by atoms with Crippen LogP contribution in [0.3, 0.4) is 0 Å². The van der Waals surface area contributed by atoms with Crippen molar-refractivity contribution >= 4 is 11.6 Å². The number of anilines is 1. The number of amides is 1. The molecular formula is C24H28FN5O. The Morgan fingerprint density at radius 3 is 2.48 bits per heavy atom. The molecule has 0 saturated carbocycles. The van der Waals surface area contributed by atoms with Crippen molar-refractivity contribution in [3.05, 3.63) is 72.8 Å². The zero-order valence-corrected chi connectivity index (χ0v) is 17.6. The van der Waals surface area contributed by atoms with Crippen LogP contribution in [0, 0.1) is 5.82 Å². The molecule has 1 amide bonds. The molecule has 0 unspecified atom stereocenters. The van der Waals surface area contributed by atoms with Crippen molar-refractivity contribution in [2.24, 2.45) is 0 Å². The quantitative estimate of drug-likeness (QED) is 0.608. The minimum Gasteiger partial charge on any atom is -0.367 e. The second kappa shape index (κ2) is 10.2. The van der Waals surface area contributed by atoms with Crippen LogP contribution >= 0.6 is 0 Å². The predicted molar refractivity (Wildman–Crippen MR) is 120 cm³/mol. The number of rotatable bonds is 8. The molecule has 162 valence electrons. The lowest BCUT2D eigenvalue weighted by Crippen LogP contribution is -2.48. The lowest BCUT2D eigenvalue weighted by Gasteiger charge is -2.36. The summed E-state index contributed by atoms with van der Waals surface area (Å²) in [6.07, 6.45) is 4.09. The fourth-order valence-electron chi connectivity index (χ4n) is 3.92. The number of para-hydroxylation sites is 1. The van der Waals surface area contributed by atoms with Crippen LogP contribution in [0.5, 0.6) is 0 Å². The molecule has 1 saturated heterocycles. The molecular weight excluding hydrogens is 393 g/mol. The van der Waals surface area contributed by atoms with E-state index in [1.165, 1.54) is 6.07 Å². The number of nitrogens with one attached hydrogen (secondary N) is 1. The number of carbonyl (C=O) groups is 1. The van der Waals surface area contributed by atoms with Crippen molar-refractivity contribution < 1.29 is 9.18 Å². The highest BCUT2D eigenvalue weighted by Gasteiger charge is 2.19. The number of carbonyl (C=O) groups excluding carboxylic acids is 1. The average Bonchev–Trinajstić information content (AvgIpc) is 3.28. The summed E-state index contributed by atoms with van der Waals surface area (Å²) in [5, 5.41) is 3.02. The first-order valence-corrected chi connectivity index (χ1v) is 10.8. The second-order valence-corrected chi connectivity index (χ2v) is 7.69. The lowest BCUT2D eigenvalue weighted by molar-refractivity contribution is -0.121. The molecule has 1 aliphatic rings. The normalized spacial score (nSPS) is 14.5. The standard InChI is InChI=1S/C24H28FN5O/c25-21-8-4-5-9-22(21)29-18-16-28(17-19-29)14-11-26-23(31)10-13-30-15-12-27-24(30)20-6-2-1-3-7-20/h1-9,12,15H,10-11,13-14,16-19H2,(H,26,31). The Morgan fingerprint density at radius 2 is 1.71 bits per heavy atom. The van der Waals surface area contributed by atoms with Crippen LogP contribution in [-0.4, -0.2) is 59.6 Å². The van der Waals surface area contributed by atoms with E-state index in [1.807, 2.05) is 53.2 Å². The van der Waals surface area contributed by atoms with Gasteiger partial charge in [-0.15, -0.1) is 0 Å². The molecule has 2 heterocycles. The maximum absolute atomic E-state index is 14.0. The second-order valence-electron chi connectivity index (χ2n) is 7.69. The Kier molecular flexibility index (Phi) is 6.94. The largest absolute Gasteiger partial charge is 0.367 e. The first-order valence-electron chi connectivity index (χ1n) is 10.8. The minimum atomic E-state index is -0.170. The first-order chi connectivity index (χ1) is 15.2. The van der Waals surface area contributed by atoms with Gasteiger partial charge < -0.3 is 14.8 Å². The molecule has 0 radical (unpaired) electrons. The SMILES string of the molecule is O=C(CCn1ccnc1-c1ccccc1)NCCN1CCN(c2ccccc2F)CC1. The highest BCUT2D eigenvalue weighted by atomic mass is 19.1. The first kappa shape index (κ1) is 21.1. The van der Waals surface area contributed by atoms with Crippen molar-refractivity contribution in [3.63, 3.8) is 0 Å². The van der Waals surface area contributed by atoms with Crippen LogP contribution in [-0.2, 0) is 11.3 Å². The van der Waals surface area contributed by atoms with Gasteiger partial charge in [0.15, 0.2) is 0 Å². The van der Waals surface area contributed by atoms with Gasteiger partial charge in [0.2, 0.25) is 5.91 Å². The zero-order valence-electron chi connectivity index (χ0n) is 17.6. The third-order valence-electron chi connectivity index (χ3n) is 5.64. The van der Waals surface area contributed by atoms with Gasteiger partial charge in [-0.2, -0.15) is 0 Å². The number of nitrogens with zero attached hydrogens (tertiary/aromatic N) is 4. The van der Waals surface area contributed by atoms with Gasteiger partial charge in [-0.3, -0.25) is 9.69 Å². The maximum Gasteiger partial charge on any atom is 0.221 e. The fourth-order valence-corrected chi connectivity index (χ4v) is 3.92. The molecule has 0 atom stereocenters. The number of hydrogen-bond acceptors (Lipinski definition) is 4. The van der Waals surface area contributed by atoms with Gasteiger partial charge in [-0.05, 0) is 12.1 Å². The molecule has 0 aliphatic carbocycles. The van der Waals surface area contributed by atoms with Gasteiger partial charge in [0.25, 0.3) is 0 Å². The molecule has 6 nitrogen and oxygen atoms in total. The van der Waals surface area contributed by atoms with E-state index in [4.69, 9.17) is 0 Å². The summed E-state index contributed by atoms with van der Waals surface area (Å²) in [7, 11) is 0. The van der Waals surface area contributed by atoms with Crippen LogP contribution < -0.4 is 10.2 Å². The summed E-state index contributed by atoms with van der Waals surface area (Å²) in [5.74, 6) is 0.746. The molecule has 0 spiro atoms. The summed E-state index contributed by atoms with van der Waals surface area (Å²) in [6.45, 7) is 5.32. The number of benzene rings is 2. The Hall–Kier alpha value is -3.19. The molecule has 7 heteroatoms. The summed E-state index contributed by atoms with van der Waals surface area (Å²) in [4.78, 5) is 21.1. The number of halogens is 1. The summed E-state index contributed by atoms with van der Waals surface area (Å²) in [6, 6.07) is 16.9. The molecule has 0 bridgehead atoms. The summed E-state index contributed by atoms with van der Waals surface area (Å²) in [5.41, 5.74) is 1.72. The predicted octanol–water partition coefficient (Wildman–Crippen LogP) is 3.02. The molecule has 1 aromatic heterocycles. The Balaban J connectivity index is 1.17.